The molecule has 3 amide bonds. The van der Waals surface area contributed by atoms with Crippen molar-refractivity contribution in [3.05, 3.63) is 101 Å². The number of carbonyl (C=O) groups is 3. The molecule has 3 aromatic rings. The van der Waals surface area contributed by atoms with Crippen LogP contribution in [0.15, 0.2) is 83.8 Å². The van der Waals surface area contributed by atoms with Crippen molar-refractivity contribution in [2.45, 2.75) is 50.7 Å². The quantitative estimate of drug-likeness (QED) is 0.341. The summed E-state index contributed by atoms with van der Waals surface area (Å²) < 4.78 is 27.2. The van der Waals surface area contributed by atoms with Crippen LogP contribution in [0.25, 0.3) is 0 Å². The molecule has 11 heteroatoms. The fourth-order valence-electron chi connectivity index (χ4n) is 5.35. The monoisotopic (exact) mass is 625 g/mol. The third-order valence-corrected chi connectivity index (χ3v) is 9.57. The van der Waals surface area contributed by atoms with Crippen molar-refractivity contribution >= 4 is 39.3 Å². The molecule has 9 nitrogen and oxygen atoms in total. The molecule has 0 aromatic heterocycles. The maximum atomic E-state index is 13.7. The van der Waals surface area contributed by atoms with Gasteiger partial charge < -0.3 is 15.3 Å². The van der Waals surface area contributed by atoms with E-state index >= 15 is 0 Å². The van der Waals surface area contributed by atoms with Gasteiger partial charge in [0.05, 0.1) is 10.5 Å². The Labute approximate surface area is 257 Å². The highest BCUT2D eigenvalue weighted by molar-refractivity contribution is 7.90. The first-order valence-corrected chi connectivity index (χ1v) is 15.8. The number of nitrogens with one attached hydrogen (secondary N) is 2. The van der Waals surface area contributed by atoms with Crippen LogP contribution in [-0.4, -0.2) is 55.3 Å². The summed E-state index contributed by atoms with van der Waals surface area (Å²) in [6.45, 7) is 7.99. The topological polar surface area (TPSA) is 133 Å². The van der Waals surface area contributed by atoms with Gasteiger partial charge >= 0.3 is 0 Å². The van der Waals surface area contributed by atoms with Crippen LogP contribution in [0.3, 0.4) is 0 Å². The van der Waals surface area contributed by atoms with Crippen molar-refractivity contribution < 1.29 is 27.9 Å². The first-order valence-electron chi connectivity index (χ1n) is 13.9. The van der Waals surface area contributed by atoms with Crippen LogP contribution in [0.5, 0.6) is 0 Å². The molecule has 0 aliphatic carbocycles. The third kappa shape index (κ3) is 6.92. The van der Waals surface area contributed by atoms with E-state index in [4.69, 9.17) is 11.6 Å². The maximum Gasteiger partial charge on any atom is 0.265 e. The van der Waals surface area contributed by atoms with Crippen LogP contribution in [0, 0.1) is 11.3 Å². The number of rotatable bonds is 8. The summed E-state index contributed by atoms with van der Waals surface area (Å²) in [5.41, 5.74) is -1.09. The van der Waals surface area contributed by atoms with Gasteiger partial charge in [-0.15, -0.1) is 0 Å². The van der Waals surface area contributed by atoms with Gasteiger partial charge in [0.1, 0.15) is 6.04 Å². The van der Waals surface area contributed by atoms with Gasteiger partial charge in [0.25, 0.3) is 21.8 Å². The van der Waals surface area contributed by atoms with Crippen LogP contribution in [-0.2, 0) is 20.4 Å². The molecule has 0 radical (unpaired) electrons. The summed E-state index contributed by atoms with van der Waals surface area (Å²) in [5.74, 6) is -2.02. The molecule has 1 saturated heterocycles. The standard InChI is InChI=1S/C32H36ClN3O6S/c1-21(2)27(30(39)36-18-17-32(40,31(3,4)20-36)24-13-15-25(33)16-14-24)34-28(37)22-9-8-10-23(19-22)29(38)35-43(41,42)26-11-6-5-7-12-26/h5-16,19,21,27,40H,17-18,20H2,1-4H3,(H,34,37)(H,35,38)/t27-,32+/m1/s1. The second-order valence-corrected chi connectivity index (χ2v) is 13.9. The SMILES string of the molecule is CC(C)[C@@H](NC(=O)c1cccc(C(=O)NS(=O)(=O)c2ccccc2)c1)C(=O)N1CC[C@](O)(c2ccc(Cl)cc2)C(C)(C)C1. The number of halogens is 1. The second kappa shape index (κ2) is 12.5. The van der Waals surface area contributed by atoms with E-state index in [1.165, 1.54) is 36.4 Å². The van der Waals surface area contributed by atoms with Gasteiger partial charge in [-0.05, 0) is 60.4 Å². The van der Waals surface area contributed by atoms with Gasteiger partial charge in [-0.3, -0.25) is 14.4 Å². The van der Waals surface area contributed by atoms with Crippen LogP contribution in [0.4, 0.5) is 0 Å². The Morgan fingerprint density at radius 3 is 2.09 bits per heavy atom. The molecule has 0 saturated carbocycles. The molecule has 228 valence electrons. The molecule has 0 unspecified atom stereocenters. The number of likely N-dealkylation sites (tertiary alicyclic amines) is 1. The molecule has 0 spiro atoms. The van der Waals surface area contributed by atoms with E-state index in [9.17, 15) is 27.9 Å². The Hall–Kier alpha value is -3.73. The molecular weight excluding hydrogens is 590 g/mol. The summed E-state index contributed by atoms with van der Waals surface area (Å²) in [5, 5.41) is 15.1. The predicted molar refractivity (Wildman–Crippen MR) is 164 cm³/mol. The molecule has 4 rings (SSSR count). The number of aliphatic hydroxyl groups is 1. The van der Waals surface area contributed by atoms with Gasteiger partial charge in [0, 0.05) is 34.7 Å². The van der Waals surface area contributed by atoms with Gasteiger partial charge in [0.2, 0.25) is 5.91 Å². The van der Waals surface area contributed by atoms with E-state index in [1.54, 1.807) is 47.4 Å². The van der Waals surface area contributed by atoms with Gasteiger partial charge in [-0.1, -0.05) is 75.7 Å². The molecule has 2 atom stereocenters. The fourth-order valence-corrected chi connectivity index (χ4v) is 6.47. The number of hydrogen-bond donors (Lipinski definition) is 3. The second-order valence-electron chi connectivity index (χ2n) is 11.8. The Morgan fingerprint density at radius 2 is 1.51 bits per heavy atom. The Bertz CT molecular complexity index is 1610. The average Bonchev–Trinajstić information content (AvgIpc) is 2.97. The van der Waals surface area contributed by atoms with E-state index in [0.29, 0.717) is 11.4 Å². The minimum atomic E-state index is -4.11. The van der Waals surface area contributed by atoms with Crippen molar-refractivity contribution in [3.8, 4) is 0 Å². The van der Waals surface area contributed by atoms with E-state index in [0.717, 1.165) is 5.56 Å². The number of nitrogens with zero attached hydrogens (tertiary/aromatic N) is 1. The summed E-state index contributed by atoms with van der Waals surface area (Å²) in [6, 6.07) is 19.3. The minimum absolute atomic E-state index is 0.0288. The predicted octanol–water partition coefficient (Wildman–Crippen LogP) is 4.36. The first-order chi connectivity index (χ1) is 20.1. The Morgan fingerprint density at radius 1 is 0.907 bits per heavy atom. The summed E-state index contributed by atoms with van der Waals surface area (Å²) in [6.07, 6.45) is 0.301. The van der Waals surface area contributed by atoms with Crippen LogP contribution in [0.2, 0.25) is 5.02 Å². The number of sulfonamides is 1. The maximum absolute atomic E-state index is 13.7. The summed E-state index contributed by atoms with van der Waals surface area (Å²) in [4.78, 5) is 41.4. The van der Waals surface area contributed by atoms with Crippen LogP contribution >= 0.6 is 11.6 Å². The van der Waals surface area contributed by atoms with Crippen molar-refractivity contribution in [1.29, 1.82) is 0 Å². The zero-order valence-electron chi connectivity index (χ0n) is 24.5. The number of hydrogen-bond acceptors (Lipinski definition) is 6. The zero-order valence-corrected chi connectivity index (χ0v) is 26.1. The lowest BCUT2D eigenvalue weighted by Crippen LogP contribution is -2.60. The Balaban J connectivity index is 1.47. The highest BCUT2D eigenvalue weighted by Gasteiger charge is 2.50. The van der Waals surface area contributed by atoms with Gasteiger partial charge in [-0.25, -0.2) is 13.1 Å². The largest absolute Gasteiger partial charge is 0.384 e. The average molecular weight is 626 g/mol. The molecule has 43 heavy (non-hydrogen) atoms. The lowest BCUT2D eigenvalue weighted by atomic mass is 9.66. The molecule has 1 aliphatic rings. The molecule has 3 N–H and O–H groups in total. The van der Waals surface area contributed by atoms with Crippen molar-refractivity contribution in [2.24, 2.45) is 11.3 Å². The van der Waals surface area contributed by atoms with E-state index in [-0.39, 0.29) is 40.9 Å². The van der Waals surface area contributed by atoms with E-state index in [1.807, 2.05) is 32.4 Å². The lowest BCUT2D eigenvalue weighted by Gasteiger charge is -2.51. The number of amides is 3. The van der Waals surface area contributed by atoms with Crippen molar-refractivity contribution in [2.75, 3.05) is 13.1 Å². The van der Waals surface area contributed by atoms with Crippen LogP contribution in [0.1, 0.15) is 60.4 Å². The van der Waals surface area contributed by atoms with Crippen molar-refractivity contribution in [1.82, 2.24) is 14.9 Å². The first kappa shape index (κ1) is 32.2. The lowest BCUT2D eigenvalue weighted by molar-refractivity contribution is -0.155. The molecule has 0 bridgehead atoms. The molecule has 1 heterocycles. The number of benzene rings is 3. The van der Waals surface area contributed by atoms with Crippen LogP contribution < -0.4 is 10.0 Å². The number of carbonyl (C=O) groups excluding carboxylic acids is 3. The summed E-state index contributed by atoms with van der Waals surface area (Å²) >= 11 is 6.04. The van der Waals surface area contributed by atoms with Gasteiger partial charge in [-0.2, -0.15) is 0 Å². The number of piperidine rings is 1. The normalized spacial score (nSPS) is 19.0. The molecule has 1 aliphatic heterocycles. The van der Waals surface area contributed by atoms with Gasteiger partial charge in [0.15, 0.2) is 0 Å². The molecular formula is C32H36ClN3O6S. The third-order valence-electron chi connectivity index (χ3n) is 7.97. The smallest absolute Gasteiger partial charge is 0.265 e. The minimum Gasteiger partial charge on any atom is -0.384 e. The Kier molecular flexibility index (Phi) is 9.34. The fraction of sp³-hybridized carbons (Fsp3) is 0.344. The van der Waals surface area contributed by atoms with E-state index < -0.39 is 38.9 Å². The molecule has 3 aromatic carbocycles. The highest BCUT2D eigenvalue weighted by atomic mass is 35.5. The summed E-state index contributed by atoms with van der Waals surface area (Å²) in [7, 11) is -4.11. The zero-order chi connectivity index (χ0) is 31.6. The molecule has 1 fully saturated rings. The van der Waals surface area contributed by atoms with Crippen molar-refractivity contribution in [3.63, 3.8) is 0 Å². The highest BCUT2D eigenvalue weighted by Crippen LogP contribution is 2.46. The van der Waals surface area contributed by atoms with E-state index in [2.05, 4.69) is 5.32 Å².